The lowest BCUT2D eigenvalue weighted by atomic mass is 9.85. The molecule has 28 heavy (non-hydrogen) atoms. The second-order valence-corrected chi connectivity index (χ2v) is 8.00. The van der Waals surface area contributed by atoms with Gasteiger partial charge in [0.25, 0.3) is 0 Å². The van der Waals surface area contributed by atoms with Gasteiger partial charge in [0.15, 0.2) is 11.5 Å². The first kappa shape index (κ1) is 18.7. The Kier molecular flexibility index (Phi) is 4.54. The molecule has 2 N–H and O–H groups in total. The lowest BCUT2D eigenvalue weighted by Gasteiger charge is -2.38. The highest BCUT2D eigenvalue weighted by Crippen LogP contribution is 2.49. The molecule has 0 saturated carbocycles. The van der Waals surface area contributed by atoms with E-state index in [-0.39, 0.29) is 11.7 Å². The second kappa shape index (κ2) is 6.78. The van der Waals surface area contributed by atoms with Crippen LogP contribution in [0, 0.1) is 0 Å². The molecule has 0 spiro atoms. The van der Waals surface area contributed by atoms with E-state index in [9.17, 15) is 10.2 Å². The fourth-order valence-corrected chi connectivity index (χ4v) is 4.25. The standard InChI is InChI=1S/C22H26O6/c1-22(2)10-15(23)18-16(28-22)7-5-12-9-13(11-27-20(12)18)14-6-8-17(25-3)19(24)21(14)26-4/h5-8,13,15,23-24H,9-11H2,1-4H3. The number of phenols is 1. The molecular formula is C22H26O6. The van der Waals surface area contributed by atoms with E-state index in [0.717, 1.165) is 16.7 Å². The molecule has 0 aromatic heterocycles. The molecule has 0 bridgehead atoms. The van der Waals surface area contributed by atoms with Crippen LogP contribution in [0.4, 0.5) is 0 Å². The van der Waals surface area contributed by atoms with Crippen molar-refractivity contribution in [2.45, 2.75) is 44.3 Å². The zero-order valence-electron chi connectivity index (χ0n) is 16.6. The van der Waals surface area contributed by atoms with E-state index in [1.54, 1.807) is 6.07 Å². The zero-order chi connectivity index (χ0) is 20.1. The van der Waals surface area contributed by atoms with Crippen LogP contribution < -0.4 is 18.9 Å². The average Bonchev–Trinajstić information content (AvgIpc) is 2.65. The van der Waals surface area contributed by atoms with Crippen molar-refractivity contribution in [3.63, 3.8) is 0 Å². The highest BCUT2D eigenvalue weighted by atomic mass is 16.5. The Morgan fingerprint density at radius 2 is 1.89 bits per heavy atom. The molecule has 150 valence electrons. The minimum Gasteiger partial charge on any atom is -0.502 e. The van der Waals surface area contributed by atoms with Crippen molar-refractivity contribution in [1.29, 1.82) is 0 Å². The fraction of sp³-hybridized carbons (Fsp3) is 0.455. The van der Waals surface area contributed by atoms with Crippen molar-refractivity contribution >= 4 is 0 Å². The lowest BCUT2D eigenvalue weighted by molar-refractivity contribution is 0.00904. The van der Waals surface area contributed by atoms with Crippen molar-refractivity contribution in [2.75, 3.05) is 20.8 Å². The number of benzene rings is 2. The summed E-state index contributed by atoms with van der Waals surface area (Å²) in [7, 11) is 3.04. The lowest BCUT2D eigenvalue weighted by Crippen LogP contribution is -2.35. The molecule has 0 amide bonds. The van der Waals surface area contributed by atoms with Crippen LogP contribution in [0.1, 0.15) is 49.0 Å². The summed E-state index contributed by atoms with van der Waals surface area (Å²) in [4.78, 5) is 0. The summed E-state index contributed by atoms with van der Waals surface area (Å²) in [6.45, 7) is 4.36. The number of fused-ring (bicyclic) bond motifs is 3. The smallest absolute Gasteiger partial charge is 0.201 e. The Morgan fingerprint density at radius 1 is 1.11 bits per heavy atom. The maximum Gasteiger partial charge on any atom is 0.201 e. The van der Waals surface area contributed by atoms with Crippen LogP contribution in [-0.4, -0.2) is 36.6 Å². The number of rotatable bonds is 3. The molecular weight excluding hydrogens is 360 g/mol. The number of phenolic OH excluding ortho intramolecular Hbond substituents is 1. The molecule has 2 atom stereocenters. The predicted molar refractivity (Wildman–Crippen MR) is 104 cm³/mol. The minimum atomic E-state index is -0.621. The summed E-state index contributed by atoms with van der Waals surface area (Å²) in [6.07, 6.45) is 0.606. The molecule has 0 fully saturated rings. The van der Waals surface area contributed by atoms with Crippen molar-refractivity contribution in [3.05, 3.63) is 41.0 Å². The molecule has 6 heteroatoms. The Balaban J connectivity index is 1.69. The summed E-state index contributed by atoms with van der Waals surface area (Å²) in [6, 6.07) is 7.53. The number of aliphatic hydroxyl groups excluding tert-OH is 1. The molecule has 0 radical (unpaired) electrons. The number of ether oxygens (including phenoxy) is 4. The summed E-state index contributed by atoms with van der Waals surface area (Å²) in [5.74, 6) is 2.17. The third-order valence-electron chi connectivity index (χ3n) is 5.53. The van der Waals surface area contributed by atoms with Gasteiger partial charge in [-0.1, -0.05) is 12.1 Å². The molecule has 2 heterocycles. The summed E-state index contributed by atoms with van der Waals surface area (Å²) >= 11 is 0. The minimum absolute atomic E-state index is 0.00945. The monoisotopic (exact) mass is 386 g/mol. The highest BCUT2D eigenvalue weighted by Gasteiger charge is 2.37. The van der Waals surface area contributed by atoms with Gasteiger partial charge in [0.1, 0.15) is 17.1 Å². The average molecular weight is 386 g/mol. The molecule has 4 rings (SSSR count). The van der Waals surface area contributed by atoms with E-state index >= 15 is 0 Å². The van der Waals surface area contributed by atoms with Gasteiger partial charge >= 0.3 is 0 Å². The fourth-order valence-electron chi connectivity index (χ4n) is 4.25. The number of aliphatic hydroxyl groups is 1. The van der Waals surface area contributed by atoms with Gasteiger partial charge in [0, 0.05) is 17.9 Å². The van der Waals surface area contributed by atoms with Crippen molar-refractivity contribution in [1.82, 2.24) is 0 Å². The van der Waals surface area contributed by atoms with Gasteiger partial charge in [-0.2, -0.15) is 0 Å². The van der Waals surface area contributed by atoms with E-state index in [4.69, 9.17) is 18.9 Å². The van der Waals surface area contributed by atoms with E-state index in [2.05, 4.69) is 0 Å². The van der Waals surface area contributed by atoms with Gasteiger partial charge in [-0.05, 0) is 38.0 Å². The van der Waals surface area contributed by atoms with Crippen LogP contribution >= 0.6 is 0 Å². The van der Waals surface area contributed by atoms with E-state index in [1.807, 2.05) is 32.0 Å². The summed E-state index contributed by atoms with van der Waals surface area (Å²) in [5, 5.41) is 21.1. The third kappa shape index (κ3) is 3.02. The molecule has 2 aromatic carbocycles. The molecule has 2 unspecified atom stereocenters. The Morgan fingerprint density at radius 3 is 2.61 bits per heavy atom. The number of methoxy groups -OCH3 is 2. The molecule has 6 nitrogen and oxygen atoms in total. The molecule has 2 aliphatic heterocycles. The normalized spacial score (nSPS) is 22.3. The van der Waals surface area contributed by atoms with E-state index < -0.39 is 11.7 Å². The van der Waals surface area contributed by atoms with Crippen LogP contribution in [0.25, 0.3) is 0 Å². The van der Waals surface area contributed by atoms with Gasteiger partial charge in [-0.3, -0.25) is 0 Å². The largest absolute Gasteiger partial charge is 0.502 e. The van der Waals surface area contributed by atoms with Gasteiger partial charge < -0.3 is 29.2 Å². The number of hydrogen-bond donors (Lipinski definition) is 2. The molecule has 2 aliphatic rings. The van der Waals surface area contributed by atoms with Crippen LogP contribution in [0.5, 0.6) is 28.7 Å². The van der Waals surface area contributed by atoms with Gasteiger partial charge in [-0.15, -0.1) is 0 Å². The Labute approximate surface area is 164 Å². The number of aromatic hydroxyl groups is 1. The zero-order valence-corrected chi connectivity index (χ0v) is 16.6. The number of hydrogen-bond acceptors (Lipinski definition) is 6. The van der Waals surface area contributed by atoms with Crippen molar-refractivity contribution in [2.24, 2.45) is 0 Å². The molecule has 0 aliphatic carbocycles. The SMILES string of the molecule is COc1ccc(C2COc3c(ccc4c3C(O)CC(C)(C)O4)C2)c(OC)c1O. The first-order valence-corrected chi connectivity index (χ1v) is 9.44. The van der Waals surface area contributed by atoms with E-state index in [0.29, 0.717) is 42.4 Å². The maximum atomic E-state index is 10.7. The van der Waals surface area contributed by atoms with E-state index in [1.165, 1.54) is 14.2 Å². The maximum absolute atomic E-state index is 10.7. The first-order chi connectivity index (χ1) is 13.3. The van der Waals surface area contributed by atoms with Crippen LogP contribution in [0.2, 0.25) is 0 Å². The second-order valence-electron chi connectivity index (χ2n) is 8.00. The van der Waals surface area contributed by atoms with Crippen LogP contribution in [-0.2, 0) is 6.42 Å². The topological polar surface area (TPSA) is 77.4 Å². The van der Waals surface area contributed by atoms with Crippen molar-refractivity contribution < 1.29 is 29.2 Å². The summed E-state index contributed by atoms with van der Waals surface area (Å²) < 4.78 is 22.8. The van der Waals surface area contributed by atoms with Gasteiger partial charge in [-0.25, -0.2) is 0 Å². The molecule has 2 aromatic rings. The Hall–Kier alpha value is -2.60. The van der Waals surface area contributed by atoms with Gasteiger partial charge in [0.05, 0.1) is 32.5 Å². The first-order valence-electron chi connectivity index (χ1n) is 9.44. The third-order valence-corrected chi connectivity index (χ3v) is 5.53. The highest BCUT2D eigenvalue weighted by molar-refractivity contribution is 5.58. The Bertz CT molecular complexity index is 904. The van der Waals surface area contributed by atoms with Crippen LogP contribution in [0.3, 0.4) is 0 Å². The molecule has 0 saturated heterocycles. The van der Waals surface area contributed by atoms with Crippen molar-refractivity contribution in [3.8, 4) is 28.7 Å². The quantitative estimate of drug-likeness (QED) is 0.837. The van der Waals surface area contributed by atoms with Crippen LogP contribution in [0.15, 0.2) is 24.3 Å². The van der Waals surface area contributed by atoms with Gasteiger partial charge in [0.2, 0.25) is 5.75 Å². The predicted octanol–water partition coefficient (Wildman–Crippen LogP) is 3.72. The summed E-state index contributed by atoms with van der Waals surface area (Å²) in [5.41, 5.74) is 2.20.